The monoisotopic (exact) mass is 127 g/mol. The van der Waals surface area contributed by atoms with E-state index in [1.165, 1.54) is 11.1 Å². The van der Waals surface area contributed by atoms with E-state index >= 15 is 0 Å². The van der Waals surface area contributed by atoms with Crippen molar-refractivity contribution in [2.45, 2.75) is 6.82 Å². The van der Waals surface area contributed by atoms with Gasteiger partial charge >= 0.3 is 63.3 Å². The zero-order valence-corrected chi connectivity index (χ0v) is 6.78. The molecule has 0 atom stereocenters. The summed E-state index contributed by atoms with van der Waals surface area (Å²) in [7, 11) is 8.10. The second-order valence-corrected chi connectivity index (χ2v) is 2.56. The number of aromatic amines is 1. The molecular weight excluding hydrogens is 117 g/mol. The molecule has 0 unspecified atom stereocenters. The first-order valence-corrected chi connectivity index (χ1v) is 3.47. The molecule has 0 aliphatic rings. The summed E-state index contributed by atoms with van der Waals surface area (Å²) in [6, 6.07) is 0. The van der Waals surface area contributed by atoms with Gasteiger partial charge in [-0.1, -0.05) is 0 Å². The summed E-state index contributed by atoms with van der Waals surface area (Å²) in [5.41, 5.74) is 2.49. The van der Waals surface area contributed by atoms with Crippen LogP contribution >= 0.6 is 0 Å². The van der Waals surface area contributed by atoms with Gasteiger partial charge in [-0.15, -0.1) is 0 Å². The quantitative estimate of drug-likeness (QED) is 0.350. The molecule has 46 valence electrons. The van der Waals surface area contributed by atoms with Crippen LogP contribution in [0, 0.1) is 10.3 Å². The van der Waals surface area contributed by atoms with Crippen molar-refractivity contribution in [2.24, 2.45) is 0 Å². The number of H-pyrrole nitrogens is 1. The Morgan fingerprint density at radius 1 is 1.50 bits per heavy atom. The summed E-state index contributed by atoms with van der Waals surface area (Å²) in [5.74, 6) is 0. The van der Waals surface area contributed by atoms with Gasteiger partial charge in [-0.25, -0.2) is 0 Å². The fraction of sp³-hybridized carbons (Fsp3) is 0.200. The van der Waals surface area contributed by atoms with E-state index in [0.717, 1.165) is 10.3 Å². The van der Waals surface area contributed by atoms with Crippen LogP contribution in [0.3, 0.4) is 0 Å². The first-order chi connectivity index (χ1) is 4.66. The summed E-state index contributed by atoms with van der Waals surface area (Å²) in [6.45, 7) is 4.06. The summed E-state index contributed by atoms with van der Waals surface area (Å²) in [5, 5.41) is 2.27. The van der Waals surface area contributed by atoms with Gasteiger partial charge in [0.05, 0.1) is 0 Å². The van der Waals surface area contributed by atoms with Gasteiger partial charge < -0.3 is 0 Å². The molecule has 0 fully saturated rings. The molecule has 1 aromatic heterocycles. The van der Waals surface area contributed by atoms with Gasteiger partial charge in [0.15, 0.2) is 0 Å². The number of rotatable bonds is 0. The van der Waals surface area contributed by atoms with Crippen molar-refractivity contribution in [1.29, 1.82) is 0 Å². The molecule has 1 rings (SSSR count). The molecule has 1 N–H and O–H groups in total. The van der Waals surface area contributed by atoms with Crippen molar-refractivity contribution in [3.63, 3.8) is 0 Å². The number of aromatic nitrogens is 1. The molecule has 0 spiro atoms. The third-order valence-electron chi connectivity index (χ3n) is 1.95. The second-order valence-electron chi connectivity index (χ2n) is 2.56. The van der Waals surface area contributed by atoms with E-state index in [4.69, 9.17) is 0 Å². The van der Waals surface area contributed by atoms with Crippen LogP contribution < -0.4 is 11.1 Å². The second kappa shape index (κ2) is 2.65. The number of nitrogens with one attached hydrogen (secondary N) is 1. The van der Waals surface area contributed by atoms with Crippen LogP contribution in [-0.2, 0) is 0 Å². The van der Waals surface area contributed by atoms with Crippen LogP contribution in [0.5, 0.6) is 0 Å². The molecule has 0 saturated heterocycles. The molecule has 0 aliphatic carbocycles. The van der Waals surface area contributed by atoms with E-state index in [2.05, 4.69) is 28.2 Å². The van der Waals surface area contributed by atoms with Gasteiger partial charge in [0.25, 0.3) is 0 Å². The third-order valence-corrected chi connectivity index (χ3v) is 1.95. The van der Waals surface area contributed by atoms with Gasteiger partial charge in [-0.05, 0) is 0 Å². The van der Waals surface area contributed by atoms with Crippen LogP contribution in [0.25, 0.3) is 0 Å². The van der Waals surface area contributed by atoms with Gasteiger partial charge in [0.2, 0.25) is 0 Å². The molecule has 1 aromatic rings. The van der Waals surface area contributed by atoms with E-state index in [0.29, 0.717) is 0 Å². The zero-order valence-electron chi connectivity index (χ0n) is 6.78. The maximum atomic E-state index is 3.95. The minimum absolute atomic E-state index is 1.12. The van der Waals surface area contributed by atoms with Gasteiger partial charge in [0.1, 0.15) is 0 Å². The van der Waals surface area contributed by atoms with Crippen LogP contribution in [-0.4, -0.2) is 35.1 Å². The van der Waals surface area contributed by atoms with Crippen LogP contribution in [0.4, 0.5) is 0 Å². The van der Waals surface area contributed by atoms with Crippen molar-refractivity contribution >= 4 is 41.2 Å². The molecule has 0 saturated carbocycles. The predicted octanol–water partition coefficient (Wildman–Crippen LogP) is -3.31. The molecule has 1 heterocycles. The molecule has 1 nitrogen and oxygen atoms in total. The summed E-state index contributed by atoms with van der Waals surface area (Å²) >= 11 is 0. The summed E-state index contributed by atoms with van der Waals surface area (Å²) in [4.78, 5) is 3.24. The SMILES string of the molecule is B=c1c(B)c(B)[nH]/c1=B/C. The van der Waals surface area contributed by atoms with Crippen molar-refractivity contribution in [3.8, 4) is 0 Å². The Hall–Kier alpha value is -0.460. The minimum atomic E-state index is 1.12. The first kappa shape index (κ1) is 7.64. The molecule has 0 aromatic carbocycles. The average molecular weight is 126 g/mol. The Bertz CT molecular complexity index is 339. The zero-order chi connectivity index (χ0) is 7.72. The molecule has 0 radical (unpaired) electrons. The van der Waals surface area contributed by atoms with E-state index in [1.807, 2.05) is 13.7 Å². The Kier molecular flexibility index (Phi) is 2.02. The van der Waals surface area contributed by atoms with Gasteiger partial charge in [0, 0.05) is 0 Å². The molecule has 10 heavy (non-hydrogen) atoms. The van der Waals surface area contributed by atoms with Crippen molar-refractivity contribution in [2.75, 3.05) is 0 Å². The topological polar surface area (TPSA) is 15.8 Å². The summed E-state index contributed by atoms with van der Waals surface area (Å²) < 4.78 is 0. The van der Waals surface area contributed by atoms with E-state index in [-0.39, 0.29) is 0 Å². The van der Waals surface area contributed by atoms with Gasteiger partial charge in [-0.3, -0.25) is 0 Å². The molecular formula is C5H9B4N. The van der Waals surface area contributed by atoms with Crippen LogP contribution in [0.1, 0.15) is 0 Å². The normalized spacial score (nSPS) is 11.4. The standard InChI is InChI=1S/C5H9B4N/c1-9-5-3(7)2(6)4(8)10-5/h7,10H,6,8H2,1H3. The molecule has 5 heteroatoms. The Morgan fingerprint density at radius 2 is 2.10 bits per heavy atom. The Labute approximate surface area is 64.0 Å². The number of hydrogen-bond acceptors (Lipinski definition) is 0. The van der Waals surface area contributed by atoms with E-state index in [1.54, 1.807) is 0 Å². The predicted molar refractivity (Wildman–Crippen MR) is 53.6 cm³/mol. The molecule has 0 aliphatic heterocycles. The molecule has 0 amide bonds. The van der Waals surface area contributed by atoms with E-state index < -0.39 is 0 Å². The Morgan fingerprint density at radius 3 is 2.30 bits per heavy atom. The first-order valence-electron chi connectivity index (χ1n) is 3.47. The molecule has 0 bridgehead atoms. The fourth-order valence-electron chi connectivity index (χ4n) is 1.05. The number of hydrogen-bond donors (Lipinski definition) is 1. The average Bonchev–Trinajstić information content (AvgIpc) is 2.17. The van der Waals surface area contributed by atoms with Crippen molar-refractivity contribution < 1.29 is 0 Å². The van der Waals surface area contributed by atoms with E-state index in [9.17, 15) is 0 Å². The third kappa shape index (κ3) is 1.05. The van der Waals surface area contributed by atoms with Crippen molar-refractivity contribution in [1.82, 2.24) is 4.98 Å². The Balaban J connectivity index is 3.63. The summed E-state index contributed by atoms with van der Waals surface area (Å²) in [6.07, 6.45) is 0. The fourth-order valence-corrected chi connectivity index (χ4v) is 1.05. The van der Waals surface area contributed by atoms with Crippen LogP contribution in [0.2, 0.25) is 6.82 Å². The van der Waals surface area contributed by atoms with Gasteiger partial charge in [-0.2, -0.15) is 0 Å². The van der Waals surface area contributed by atoms with Crippen molar-refractivity contribution in [3.05, 3.63) is 10.3 Å². The maximum absolute atomic E-state index is 3.95. The van der Waals surface area contributed by atoms with Crippen LogP contribution in [0.15, 0.2) is 0 Å².